The first kappa shape index (κ1) is 14.5. The van der Waals surface area contributed by atoms with Gasteiger partial charge in [-0.15, -0.1) is 0 Å². The lowest BCUT2D eigenvalue weighted by atomic mass is 9.58. The van der Waals surface area contributed by atoms with Crippen LogP contribution < -0.4 is 0 Å². The first-order valence-corrected chi connectivity index (χ1v) is 9.71. The van der Waals surface area contributed by atoms with Gasteiger partial charge in [-0.3, -0.25) is 0 Å². The van der Waals surface area contributed by atoms with Crippen LogP contribution in [0.25, 0.3) is 0 Å². The molecular formula is C20H34O. The summed E-state index contributed by atoms with van der Waals surface area (Å²) in [7, 11) is 0. The molecule has 5 atom stereocenters. The van der Waals surface area contributed by atoms with E-state index in [1.165, 1.54) is 38.5 Å². The Labute approximate surface area is 131 Å². The first-order valence-electron chi connectivity index (χ1n) is 9.71. The molecule has 1 heterocycles. The van der Waals surface area contributed by atoms with Crippen molar-refractivity contribution in [1.29, 1.82) is 0 Å². The highest BCUT2D eigenvalue weighted by molar-refractivity contribution is 5.06. The normalized spacial score (nSPS) is 42.9. The van der Waals surface area contributed by atoms with Crippen LogP contribution in [0.2, 0.25) is 0 Å². The van der Waals surface area contributed by atoms with Gasteiger partial charge in [-0.1, -0.05) is 27.2 Å². The zero-order chi connectivity index (χ0) is 14.6. The summed E-state index contributed by atoms with van der Waals surface area (Å²) in [5, 5.41) is 0. The van der Waals surface area contributed by atoms with E-state index in [-0.39, 0.29) is 0 Å². The molecule has 1 spiro atoms. The molecule has 0 aromatic heterocycles. The van der Waals surface area contributed by atoms with Gasteiger partial charge in [0, 0.05) is 0 Å². The van der Waals surface area contributed by atoms with Gasteiger partial charge in [-0.25, -0.2) is 0 Å². The van der Waals surface area contributed by atoms with E-state index in [0.29, 0.717) is 6.10 Å². The fourth-order valence-corrected chi connectivity index (χ4v) is 6.24. The van der Waals surface area contributed by atoms with E-state index >= 15 is 0 Å². The van der Waals surface area contributed by atoms with E-state index < -0.39 is 0 Å². The molecule has 120 valence electrons. The van der Waals surface area contributed by atoms with Crippen LogP contribution in [0.5, 0.6) is 0 Å². The molecule has 3 saturated carbocycles. The Bertz CT molecular complexity index is 373. The van der Waals surface area contributed by atoms with Gasteiger partial charge in [0.05, 0.1) is 12.7 Å². The zero-order valence-electron chi connectivity index (χ0n) is 14.3. The minimum Gasteiger partial charge on any atom is -0.378 e. The van der Waals surface area contributed by atoms with Crippen LogP contribution in [0.3, 0.4) is 0 Å². The molecule has 0 bridgehead atoms. The predicted octanol–water partition coefficient (Wildman–Crippen LogP) is 5.29. The lowest BCUT2D eigenvalue weighted by Crippen LogP contribution is -2.35. The van der Waals surface area contributed by atoms with E-state index in [1.54, 1.807) is 12.8 Å². The van der Waals surface area contributed by atoms with E-state index in [2.05, 4.69) is 20.8 Å². The second-order valence-corrected chi connectivity index (χ2v) is 9.34. The standard InChI is InChI=1S/C20H34O/c1-13(2)18-16-12-21-17(19(16)18)11-14(3)15-5-9-20(10-6-15)7-4-8-20/h13-19H,4-12H2,1-3H3. The van der Waals surface area contributed by atoms with Crippen molar-refractivity contribution in [2.45, 2.75) is 78.2 Å². The molecule has 0 amide bonds. The summed E-state index contributed by atoms with van der Waals surface area (Å²) < 4.78 is 6.13. The largest absolute Gasteiger partial charge is 0.378 e. The van der Waals surface area contributed by atoms with Crippen LogP contribution in [0.4, 0.5) is 0 Å². The molecule has 0 radical (unpaired) electrons. The number of rotatable bonds is 4. The third-order valence-corrected chi connectivity index (χ3v) is 7.91. The third kappa shape index (κ3) is 2.48. The van der Waals surface area contributed by atoms with E-state index in [0.717, 1.165) is 47.5 Å². The first-order chi connectivity index (χ1) is 10.1. The van der Waals surface area contributed by atoms with Crippen molar-refractivity contribution in [3.8, 4) is 0 Å². The smallest absolute Gasteiger partial charge is 0.0612 e. The number of fused-ring (bicyclic) bond motifs is 1. The summed E-state index contributed by atoms with van der Waals surface area (Å²) >= 11 is 0. The number of hydrogen-bond acceptors (Lipinski definition) is 1. The molecule has 21 heavy (non-hydrogen) atoms. The monoisotopic (exact) mass is 290 g/mol. The molecule has 4 aliphatic rings. The molecule has 0 N–H and O–H groups in total. The minimum atomic E-state index is 0.608. The summed E-state index contributed by atoms with van der Waals surface area (Å²) in [6, 6.07) is 0. The van der Waals surface area contributed by atoms with Crippen molar-refractivity contribution in [3.05, 3.63) is 0 Å². The maximum absolute atomic E-state index is 6.13. The SMILES string of the molecule is CC(C)C1C2COC(CC(C)C3CCC4(CCC4)CC3)C21. The molecule has 1 saturated heterocycles. The maximum atomic E-state index is 6.13. The van der Waals surface area contributed by atoms with Gasteiger partial charge in [0.1, 0.15) is 0 Å². The summed E-state index contributed by atoms with van der Waals surface area (Å²) in [6.45, 7) is 8.40. The average Bonchev–Trinajstić information content (AvgIpc) is 3.04. The van der Waals surface area contributed by atoms with Crippen molar-refractivity contribution >= 4 is 0 Å². The van der Waals surface area contributed by atoms with Crippen LogP contribution in [0, 0.1) is 40.9 Å². The molecule has 1 nitrogen and oxygen atoms in total. The molecule has 1 heteroatoms. The minimum absolute atomic E-state index is 0.608. The Kier molecular flexibility index (Phi) is 3.64. The van der Waals surface area contributed by atoms with Crippen LogP contribution in [-0.4, -0.2) is 12.7 Å². The summed E-state index contributed by atoms with van der Waals surface area (Å²) in [5.74, 6) is 5.59. The molecule has 3 aliphatic carbocycles. The van der Waals surface area contributed by atoms with Gasteiger partial charge in [-0.05, 0) is 85.9 Å². The summed E-state index contributed by atoms with van der Waals surface area (Å²) in [6.07, 6.45) is 12.6. The van der Waals surface area contributed by atoms with Crippen LogP contribution in [0.1, 0.15) is 72.1 Å². The fourth-order valence-electron chi connectivity index (χ4n) is 6.24. The predicted molar refractivity (Wildman–Crippen MR) is 87.1 cm³/mol. The van der Waals surface area contributed by atoms with Gasteiger partial charge >= 0.3 is 0 Å². The third-order valence-electron chi connectivity index (χ3n) is 7.91. The van der Waals surface area contributed by atoms with Gasteiger partial charge in [0.15, 0.2) is 0 Å². The zero-order valence-corrected chi connectivity index (χ0v) is 14.3. The lowest BCUT2D eigenvalue weighted by Gasteiger charge is -2.48. The van der Waals surface area contributed by atoms with Gasteiger partial charge < -0.3 is 4.74 Å². The summed E-state index contributed by atoms with van der Waals surface area (Å²) in [4.78, 5) is 0. The van der Waals surface area contributed by atoms with Crippen LogP contribution >= 0.6 is 0 Å². The van der Waals surface area contributed by atoms with Crippen molar-refractivity contribution in [2.24, 2.45) is 40.9 Å². The molecule has 4 rings (SSSR count). The van der Waals surface area contributed by atoms with Gasteiger partial charge in [-0.2, -0.15) is 0 Å². The Morgan fingerprint density at radius 1 is 1.05 bits per heavy atom. The highest BCUT2D eigenvalue weighted by atomic mass is 16.5. The van der Waals surface area contributed by atoms with E-state index in [9.17, 15) is 0 Å². The highest BCUT2D eigenvalue weighted by Gasteiger charge is 2.60. The molecule has 0 aromatic rings. The molecule has 0 aromatic carbocycles. The molecule has 4 fully saturated rings. The van der Waals surface area contributed by atoms with Crippen molar-refractivity contribution < 1.29 is 4.74 Å². The van der Waals surface area contributed by atoms with Gasteiger partial charge in [0.25, 0.3) is 0 Å². The summed E-state index contributed by atoms with van der Waals surface area (Å²) in [5.41, 5.74) is 0.824. The van der Waals surface area contributed by atoms with Crippen LogP contribution in [0.15, 0.2) is 0 Å². The van der Waals surface area contributed by atoms with Crippen molar-refractivity contribution in [1.82, 2.24) is 0 Å². The molecule has 1 aliphatic heterocycles. The second kappa shape index (κ2) is 5.25. The van der Waals surface area contributed by atoms with Gasteiger partial charge in [0.2, 0.25) is 0 Å². The average molecular weight is 290 g/mol. The topological polar surface area (TPSA) is 9.23 Å². The Morgan fingerprint density at radius 3 is 2.29 bits per heavy atom. The Balaban J connectivity index is 1.28. The number of hydrogen-bond donors (Lipinski definition) is 0. The van der Waals surface area contributed by atoms with Crippen molar-refractivity contribution in [3.63, 3.8) is 0 Å². The molecule has 5 unspecified atom stereocenters. The lowest BCUT2D eigenvalue weighted by molar-refractivity contribution is 0.0146. The Morgan fingerprint density at radius 2 is 1.76 bits per heavy atom. The number of ether oxygens (including phenoxy) is 1. The van der Waals surface area contributed by atoms with E-state index in [1.807, 2.05) is 0 Å². The van der Waals surface area contributed by atoms with Crippen molar-refractivity contribution in [2.75, 3.05) is 6.61 Å². The maximum Gasteiger partial charge on any atom is 0.0612 e. The quantitative estimate of drug-likeness (QED) is 0.683. The Hall–Kier alpha value is -0.0400. The highest BCUT2D eigenvalue weighted by Crippen LogP contribution is 2.59. The fraction of sp³-hybridized carbons (Fsp3) is 1.00. The van der Waals surface area contributed by atoms with E-state index in [4.69, 9.17) is 4.74 Å². The molecular weight excluding hydrogens is 256 g/mol. The second-order valence-electron chi connectivity index (χ2n) is 9.34. The van der Waals surface area contributed by atoms with Crippen LogP contribution in [-0.2, 0) is 4.74 Å².